The van der Waals surface area contributed by atoms with Gasteiger partial charge >= 0.3 is 0 Å². The minimum absolute atomic E-state index is 0.107. The standard InChI is InChI=1S/C14H17BrN2O3/c1-10-2-3-13(17(19)20)12(8-10)14(18)16-7-5-11(9-16)4-6-15/h2-3,8,11H,4-7,9H2,1H3. The molecule has 1 heterocycles. The van der Waals surface area contributed by atoms with E-state index >= 15 is 0 Å². The van der Waals surface area contributed by atoms with Crippen molar-refractivity contribution in [2.24, 2.45) is 5.92 Å². The molecule has 2 rings (SSSR count). The van der Waals surface area contributed by atoms with E-state index in [4.69, 9.17) is 0 Å². The number of alkyl halides is 1. The number of nitro groups is 1. The molecule has 0 spiro atoms. The van der Waals surface area contributed by atoms with Crippen LogP contribution in [0.5, 0.6) is 0 Å². The molecule has 5 nitrogen and oxygen atoms in total. The van der Waals surface area contributed by atoms with E-state index in [-0.39, 0.29) is 17.2 Å². The lowest BCUT2D eigenvalue weighted by Gasteiger charge is -2.16. The molecule has 0 bridgehead atoms. The Bertz CT molecular complexity index is 533. The van der Waals surface area contributed by atoms with Gasteiger partial charge in [0.15, 0.2) is 0 Å². The molecule has 1 unspecified atom stereocenters. The fourth-order valence-corrected chi connectivity index (χ4v) is 3.21. The van der Waals surface area contributed by atoms with Crippen LogP contribution in [0.1, 0.15) is 28.8 Å². The van der Waals surface area contributed by atoms with Crippen molar-refractivity contribution in [1.29, 1.82) is 0 Å². The fourth-order valence-electron chi connectivity index (χ4n) is 2.56. The number of halogens is 1. The van der Waals surface area contributed by atoms with Crippen molar-refractivity contribution < 1.29 is 9.72 Å². The molecule has 0 aromatic heterocycles. The van der Waals surface area contributed by atoms with Gasteiger partial charge in [0.2, 0.25) is 0 Å². The van der Waals surface area contributed by atoms with E-state index < -0.39 is 4.92 Å². The average Bonchev–Trinajstić information content (AvgIpc) is 2.86. The van der Waals surface area contributed by atoms with Crippen LogP contribution in [0.3, 0.4) is 0 Å². The van der Waals surface area contributed by atoms with Gasteiger partial charge in [0.05, 0.1) is 4.92 Å². The molecule has 1 aromatic rings. The first-order chi connectivity index (χ1) is 9.52. The van der Waals surface area contributed by atoms with Crippen LogP contribution in [0.2, 0.25) is 0 Å². The zero-order valence-electron chi connectivity index (χ0n) is 11.3. The van der Waals surface area contributed by atoms with E-state index in [1.807, 2.05) is 6.92 Å². The molecule has 108 valence electrons. The van der Waals surface area contributed by atoms with Crippen LogP contribution in [0.15, 0.2) is 18.2 Å². The van der Waals surface area contributed by atoms with Crippen molar-refractivity contribution in [3.63, 3.8) is 0 Å². The normalized spacial score (nSPS) is 18.3. The molecule has 0 N–H and O–H groups in total. The summed E-state index contributed by atoms with van der Waals surface area (Å²) in [5.41, 5.74) is 0.953. The third-order valence-electron chi connectivity index (χ3n) is 3.67. The molecule has 0 radical (unpaired) electrons. The first kappa shape index (κ1) is 15.0. The summed E-state index contributed by atoms with van der Waals surface area (Å²) in [5, 5.41) is 12.0. The van der Waals surface area contributed by atoms with Crippen LogP contribution < -0.4 is 0 Å². The lowest BCUT2D eigenvalue weighted by Crippen LogP contribution is -2.29. The number of nitrogens with zero attached hydrogens (tertiary/aromatic N) is 2. The van der Waals surface area contributed by atoms with Gasteiger partial charge in [-0.2, -0.15) is 0 Å². The van der Waals surface area contributed by atoms with Gasteiger partial charge in [-0.3, -0.25) is 14.9 Å². The number of hydrogen-bond donors (Lipinski definition) is 0. The van der Waals surface area contributed by atoms with E-state index in [0.29, 0.717) is 19.0 Å². The van der Waals surface area contributed by atoms with E-state index in [1.54, 1.807) is 17.0 Å². The van der Waals surface area contributed by atoms with Gasteiger partial charge in [-0.05, 0) is 37.3 Å². The summed E-state index contributed by atoms with van der Waals surface area (Å²) >= 11 is 3.41. The predicted octanol–water partition coefficient (Wildman–Crippen LogP) is 3.15. The highest BCUT2D eigenvalue weighted by Gasteiger charge is 2.30. The summed E-state index contributed by atoms with van der Waals surface area (Å²) in [6.45, 7) is 3.20. The van der Waals surface area contributed by atoms with Gasteiger partial charge in [0.1, 0.15) is 5.56 Å². The Morgan fingerprint density at radius 3 is 2.95 bits per heavy atom. The van der Waals surface area contributed by atoms with Crippen LogP contribution >= 0.6 is 15.9 Å². The van der Waals surface area contributed by atoms with Crippen molar-refractivity contribution in [3.05, 3.63) is 39.4 Å². The topological polar surface area (TPSA) is 63.5 Å². The SMILES string of the molecule is Cc1ccc([N+](=O)[O-])c(C(=O)N2CCC(CCBr)C2)c1. The molecule has 6 heteroatoms. The van der Waals surface area contributed by atoms with E-state index in [1.165, 1.54) is 6.07 Å². The Hall–Kier alpha value is -1.43. The van der Waals surface area contributed by atoms with Gasteiger partial charge in [-0.15, -0.1) is 0 Å². The first-order valence-electron chi connectivity index (χ1n) is 6.63. The van der Waals surface area contributed by atoms with Gasteiger partial charge in [-0.1, -0.05) is 22.0 Å². The number of carbonyl (C=O) groups is 1. The molecule has 1 atom stereocenters. The van der Waals surface area contributed by atoms with Gasteiger partial charge in [0, 0.05) is 24.5 Å². The van der Waals surface area contributed by atoms with Crippen molar-refractivity contribution in [2.75, 3.05) is 18.4 Å². The van der Waals surface area contributed by atoms with E-state index in [0.717, 1.165) is 23.7 Å². The van der Waals surface area contributed by atoms with E-state index in [2.05, 4.69) is 15.9 Å². The second kappa shape index (κ2) is 6.35. The third kappa shape index (κ3) is 3.17. The van der Waals surface area contributed by atoms with Crippen molar-refractivity contribution in [2.45, 2.75) is 19.8 Å². The number of aryl methyl sites for hydroxylation is 1. The molecular formula is C14H17BrN2O3. The van der Waals surface area contributed by atoms with Gasteiger partial charge < -0.3 is 4.90 Å². The molecule has 0 aliphatic carbocycles. The van der Waals surface area contributed by atoms with Gasteiger partial charge in [-0.25, -0.2) is 0 Å². The molecule has 1 aromatic carbocycles. The van der Waals surface area contributed by atoms with Crippen LogP contribution in [-0.2, 0) is 0 Å². The minimum Gasteiger partial charge on any atom is -0.338 e. The highest BCUT2D eigenvalue weighted by molar-refractivity contribution is 9.09. The second-order valence-electron chi connectivity index (χ2n) is 5.16. The lowest BCUT2D eigenvalue weighted by molar-refractivity contribution is -0.385. The van der Waals surface area contributed by atoms with Crippen molar-refractivity contribution in [3.8, 4) is 0 Å². The molecule has 1 amide bonds. The fraction of sp³-hybridized carbons (Fsp3) is 0.500. The summed E-state index contributed by atoms with van der Waals surface area (Å²) in [4.78, 5) is 24.8. The Labute approximate surface area is 126 Å². The molecule has 1 aliphatic rings. The number of likely N-dealkylation sites (tertiary alicyclic amines) is 1. The minimum atomic E-state index is -0.487. The van der Waals surface area contributed by atoms with Crippen LogP contribution in [-0.4, -0.2) is 34.2 Å². The largest absolute Gasteiger partial charge is 0.338 e. The lowest BCUT2D eigenvalue weighted by atomic mass is 10.1. The van der Waals surface area contributed by atoms with Crippen LogP contribution in [0, 0.1) is 23.0 Å². The molecule has 20 heavy (non-hydrogen) atoms. The van der Waals surface area contributed by atoms with E-state index in [9.17, 15) is 14.9 Å². The summed E-state index contributed by atoms with van der Waals surface area (Å²) in [6, 6.07) is 4.68. The third-order valence-corrected chi connectivity index (χ3v) is 4.13. The summed E-state index contributed by atoms with van der Waals surface area (Å²) < 4.78 is 0. The van der Waals surface area contributed by atoms with Gasteiger partial charge in [0.25, 0.3) is 11.6 Å². The molecular weight excluding hydrogens is 324 g/mol. The monoisotopic (exact) mass is 340 g/mol. The maximum absolute atomic E-state index is 12.5. The maximum atomic E-state index is 12.5. The number of carbonyl (C=O) groups excluding carboxylic acids is 1. The van der Waals surface area contributed by atoms with Crippen LogP contribution in [0.25, 0.3) is 0 Å². The smallest absolute Gasteiger partial charge is 0.282 e. The maximum Gasteiger partial charge on any atom is 0.282 e. The molecule has 1 fully saturated rings. The Morgan fingerprint density at radius 1 is 1.55 bits per heavy atom. The Morgan fingerprint density at radius 2 is 2.30 bits per heavy atom. The summed E-state index contributed by atoms with van der Waals surface area (Å²) in [5.74, 6) is 0.264. The Balaban J connectivity index is 2.21. The highest BCUT2D eigenvalue weighted by Crippen LogP contribution is 2.26. The number of nitro benzene ring substituents is 1. The molecule has 1 saturated heterocycles. The number of hydrogen-bond acceptors (Lipinski definition) is 3. The first-order valence-corrected chi connectivity index (χ1v) is 7.75. The van der Waals surface area contributed by atoms with Crippen molar-refractivity contribution >= 4 is 27.5 Å². The number of benzene rings is 1. The molecule has 1 aliphatic heterocycles. The van der Waals surface area contributed by atoms with Crippen molar-refractivity contribution in [1.82, 2.24) is 4.90 Å². The summed E-state index contributed by atoms with van der Waals surface area (Å²) in [7, 11) is 0. The predicted molar refractivity (Wildman–Crippen MR) is 80.3 cm³/mol. The average molecular weight is 341 g/mol. The highest BCUT2D eigenvalue weighted by atomic mass is 79.9. The Kier molecular flexibility index (Phi) is 4.75. The number of amides is 1. The van der Waals surface area contributed by atoms with Crippen LogP contribution in [0.4, 0.5) is 5.69 Å². The zero-order valence-corrected chi connectivity index (χ0v) is 12.9. The quantitative estimate of drug-likeness (QED) is 0.480. The molecule has 0 saturated carbocycles. The second-order valence-corrected chi connectivity index (χ2v) is 5.95. The number of rotatable bonds is 4. The zero-order chi connectivity index (χ0) is 14.7. The summed E-state index contributed by atoms with van der Waals surface area (Å²) in [6.07, 6.45) is 2.00.